The van der Waals surface area contributed by atoms with Crippen molar-refractivity contribution in [2.24, 2.45) is 0 Å². The molecule has 0 heterocycles. The summed E-state index contributed by atoms with van der Waals surface area (Å²) in [5.74, 6) is 0. The molecule has 0 aliphatic carbocycles. The number of hydrogen-bond acceptors (Lipinski definition) is 1. The first kappa shape index (κ1) is 8.82. The van der Waals surface area contributed by atoms with Gasteiger partial charge in [0.2, 0.25) is 0 Å². The smallest absolute Gasteiger partial charge is 0.162 e. The van der Waals surface area contributed by atoms with Crippen molar-refractivity contribution in [2.75, 3.05) is 0 Å². The average molecular weight is 124 g/mol. The second-order valence-electron chi connectivity index (χ2n) is 0.0913. The van der Waals surface area contributed by atoms with E-state index in [1.165, 1.54) is 0 Å². The van der Waals surface area contributed by atoms with E-state index in [0.29, 0.717) is 0 Å². The third-order valence-corrected chi connectivity index (χ3v) is 0. The maximum absolute atomic E-state index is 8.51. The van der Waals surface area contributed by atoms with Crippen LogP contribution >= 0.6 is 8.69 Å². The van der Waals surface area contributed by atoms with Crippen LogP contribution < -0.4 is 0 Å². The molecule has 0 amide bonds. The first-order valence-electron chi connectivity index (χ1n) is 0.428. The summed E-state index contributed by atoms with van der Waals surface area (Å²) in [4.78, 5) is 7.04. The van der Waals surface area contributed by atoms with Gasteiger partial charge in [-0.15, -0.1) is 0 Å². The largest absolute Gasteiger partial charge is 0.491 e. The molecular weight excluding hydrogens is 122 g/mol. The standard InChI is InChI=1S/Ni.HO2P/c;1-3-2/h;3H/p+1. The average Bonchev–Trinajstić information content (AvgIpc) is 0.918. The molecule has 0 spiro atoms. The molecular formula is H2NiO2P+. The Labute approximate surface area is 35.4 Å². The Hall–Kier alpha value is 0.554. The Morgan fingerprint density at radius 1 is 1.75 bits per heavy atom. The van der Waals surface area contributed by atoms with Gasteiger partial charge in [0, 0.05) is 16.5 Å². The monoisotopic (exact) mass is 123 g/mol. The van der Waals surface area contributed by atoms with Crippen molar-refractivity contribution in [2.45, 2.75) is 0 Å². The van der Waals surface area contributed by atoms with Crippen molar-refractivity contribution >= 4 is 8.69 Å². The van der Waals surface area contributed by atoms with Crippen LogP contribution in [-0.4, -0.2) is 4.89 Å². The van der Waals surface area contributed by atoms with Crippen LogP contribution in [0.3, 0.4) is 0 Å². The van der Waals surface area contributed by atoms with E-state index in [-0.39, 0.29) is 16.5 Å². The van der Waals surface area contributed by atoms with Crippen LogP contribution in [0, 0.1) is 0 Å². The minimum Gasteiger partial charge on any atom is -0.162 e. The van der Waals surface area contributed by atoms with Gasteiger partial charge in [0.15, 0.2) is 0 Å². The van der Waals surface area contributed by atoms with Crippen molar-refractivity contribution in [1.29, 1.82) is 0 Å². The molecule has 0 aromatic heterocycles. The van der Waals surface area contributed by atoms with Gasteiger partial charge in [0.05, 0.1) is 0 Å². The third kappa shape index (κ3) is 20.1. The molecule has 0 aliphatic rings. The quantitative estimate of drug-likeness (QED) is 0.361. The molecule has 4 heavy (non-hydrogen) atoms. The van der Waals surface area contributed by atoms with E-state index in [9.17, 15) is 0 Å². The second-order valence-corrected chi connectivity index (χ2v) is 0.274. The topological polar surface area (TPSA) is 37.3 Å². The van der Waals surface area contributed by atoms with Gasteiger partial charge in [0.25, 0.3) is 0 Å². The summed E-state index contributed by atoms with van der Waals surface area (Å²) in [6, 6.07) is 0. The number of hydrogen-bond donors (Lipinski definition) is 1. The Morgan fingerprint density at radius 3 is 1.75 bits per heavy atom. The van der Waals surface area contributed by atoms with Crippen molar-refractivity contribution in [3.05, 3.63) is 0 Å². The zero-order chi connectivity index (χ0) is 2.71. The van der Waals surface area contributed by atoms with Crippen LogP contribution in [0.25, 0.3) is 0 Å². The predicted octanol–water partition coefficient (Wildman–Crippen LogP) is -0.0848. The summed E-state index contributed by atoms with van der Waals surface area (Å²) in [6.07, 6.45) is 0. The molecule has 1 unspecified atom stereocenters. The van der Waals surface area contributed by atoms with Gasteiger partial charge in [-0.25, -0.2) is 0 Å². The predicted molar refractivity (Wildman–Crippen MR) is 11.2 cm³/mol. The molecule has 28 valence electrons. The summed E-state index contributed by atoms with van der Waals surface area (Å²) in [5, 5.41) is 0. The SMILES string of the molecule is O=[PH+]O.[Ni]. The van der Waals surface area contributed by atoms with Gasteiger partial charge >= 0.3 is 8.69 Å². The molecule has 0 saturated heterocycles. The number of rotatable bonds is 0. The molecule has 1 atom stereocenters. The minimum atomic E-state index is -1.17. The van der Waals surface area contributed by atoms with Gasteiger partial charge in [-0.3, -0.25) is 0 Å². The summed E-state index contributed by atoms with van der Waals surface area (Å²) in [7, 11) is -1.17. The summed E-state index contributed by atoms with van der Waals surface area (Å²) >= 11 is 0. The van der Waals surface area contributed by atoms with Crippen LogP contribution in [0.4, 0.5) is 0 Å². The Bertz CT molecular complexity index is 13.5. The Balaban J connectivity index is 0. The van der Waals surface area contributed by atoms with E-state index < -0.39 is 8.69 Å². The normalized spacial score (nSPS) is 5.25. The molecule has 1 N–H and O–H groups in total. The van der Waals surface area contributed by atoms with E-state index in [1.54, 1.807) is 0 Å². The summed E-state index contributed by atoms with van der Waals surface area (Å²) in [5.41, 5.74) is 0. The molecule has 4 heteroatoms. The van der Waals surface area contributed by atoms with Crippen molar-refractivity contribution in [3.8, 4) is 0 Å². The summed E-state index contributed by atoms with van der Waals surface area (Å²) < 4.78 is 8.51. The second kappa shape index (κ2) is 9.60. The fraction of sp³-hybridized carbons (Fsp3) is 0. The van der Waals surface area contributed by atoms with E-state index in [0.717, 1.165) is 0 Å². The molecule has 0 saturated carbocycles. The van der Waals surface area contributed by atoms with Gasteiger partial charge in [-0.1, -0.05) is 0 Å². The Kier molecular flexibility index (Phi) is 21.2. The van der Waals surface area contributed by atoms with Crippen LogP contribution in [0.15, 0.2) is 0 Å². The molecule has 0 fully saturated rings. The van der Waals surface area contributed by atoms with Gasteiger partial charge in [-0.2, -0.15) is 4.89 Å². The molecule has 0 aromatic carbocycles. The summed E-state index contributed by atoms with van der Waals surface area (Å²) in [6.45, 7) is 0. The molecule has 0 aromatic rings. The maximum atomic E-state index is 8.51. The zero-order valence-electron chi connectivity index (χ0n) is 1.67. The van der Waals surface area contributed by atoms with Crippen LogP contribution in [0.5, 0.6) is 0 Å². The van der Waals surface area contributed by atoms with E-state index in [4.69, 9.17) is 9.46 Å². The molecule has 0 rings (SSSR count). The first-order chi connectivity index (χ1) is 1.41. The van der Waals surface area contributed by atoms with E-state index in [2.05, 4.69) is 0 Å². The maximum Gasteiger partial charge on any atom is 0.491 e. The fourth-order valence-corrected chi connectivity index (χ4v) is 0. The van der Waals surface area contributed by atoms with Crippen LogP contribution in [-0.2, 0) is 21.1 Å². The van der Waals surface area contributed by atoms with Gasteiger partial charge in [0.1, 0.15) is 0 Å². The van der Waals surface area contributed by atoms with Crippen molar-refractivity contribution < 1.29 is 25.9 Å². The van der Waals surface area contributed by atoms with Gasteiger partial charge in [-0.05, 0) is 4.57 Å². The first-order valence-corrected chi connectivity index (χ1v) is 1.28. The fourth-order valence-electron chi connectivity index (χ4n) is 0. The molecule has 0 aliphatic heterocycles. The van der Waals surface area contributed by atoms with Gasteiger partial charge < -0.3 is 0 Å². The van der Waals surface area contributed by atoms with Crippen molar-refractivity contribution in [3.63, 3.8) is 0 Å². The molecule has 2 nitrogen and oxygen atoms in total. The molecule has 0 bridgehead atoms. The van der Waals surface area contributed by atoms with Crippen LogP contribution in [0.1, 0.15) is 0 Å². The van der Waals surface area contributed by atoms with Crippen LogP contribution in [0.2, 0.25) is 0 Å². The minimum absolute atomic E-state index is 0. The van der Waals surface area contributed by atoms with E-state index in [1.807, 2.05) is 0 Å². The van der Waals surface area contributed by atoms with Crippen molar-refractivity contribution in [1.82, 2.24) is 0 Å². The van der Waals surface area contributed by atoms with E-state index >= 15 is 0 Å². The Morgan fingerprint density at radius 2 is 1.75 bits per heavy atom. The zero-order valence-corrected chi connectivity index (χ0v) is 3.66. The third-order valence-electron chi connectivity index (χ3n) is 0. The molecule has 0 radical (unpaired) electrons.